The van der Waals surface area contributed by atoms with Crippen molar-refractivity contribution in [3.05, 3.63) is 0 Å². The normalized spacial score (nSPS) is 14.6. The molecular weight excluding hydrogens is 202 g/mol. The van der Waals surface area contributed by atoms with Crippen LogP contribution in [0.3, 0.4) is 0 Å². The summed E-state index contributed by atoms with van der Waals surface area (Å²) in [7, 11) is 1.79. The van der Waals surface area contributed by atoms with E-state index in [4.69, 9.17) is 5.26 Å². The molecule has 16 heavy (non-hydrogen) atoms. The molecule has 2 unspecified atom stereocenters. The molecule has 0 rings (SSSR count). The van der Waals surface area contributed by atoms with Crippen molar-refractivity contribution in [3.8, 4) is 6.07 Å². The molecule has 0 aromatic carbocycles. The molecule has 0 aliphatic heterocycles. The average Bonchev–Trinajstić information content (AvgIpc) is 2.25. The van der Waals surface area contributed by atoms with E-state index in [2.05, 4.69) is 25.2 Å². The second kappa shape index (κ2) is 7.24. The fraction of sp³-hybridized carbons (Fsp3) is 0.833. The van der Waals surface area contributed by atoms with Crippen LogP contribution in [0, 0.1) is 17.2 Å². The van der Waals surface area contributed by atoms with Crippen LogP contribution in [0.25, 0.3) is 0 Å². The first-order valence-corrected chi connectivity index (χ1v) is 5.79. The zero-order chi connectivity index (χ0) is 12.7. The number of nitrogens with one attached hydrogen (secondary N) is 1. The third kappa shape index (κ3) is 5.13. The Morgan fingerprint density at radius 2 is 1.94 bits per heavy atom. The number of amides is 1. The van der Waals surface area contributed by atoms with E-state index in [0.717, 1.165) is 6.42 Å². The maximum absolute atomic E-state index is 11.7. The number of carbonyl (C=O) groups is 1. The molecule has 1 amide bonds. The van der Waals surface area contributed by atoms with E-state index < -0.39 is 0 Å². The van der Waals surface area contributed by atoms with E-state index in [0.29, 0.717) is 12.5 Å². The predicted octanol–water partition coefficient (Wildman–Crippen LogP) is 1.38. The van der Waals surface area contributed by atoms with Gasteiger partial charge in [0.2, 0.25) is 5.91 Å². The van der Waals surface area contributed by atoms with Crippen molar-refractivity contribution in [1.82, 2.24) is 10.2 Å². The van der Waals surface area contributed by atoms with E-state index in [9.17, 15) is 4.79 Å². The van der Waals surface area contributed by atoms with Gasteiger partial charge in [0.1, 0.15) is 0 Å². The largest absolute Gasteiger partial charge is 0.355 e. The van der Waals surface area contributed by atoms with Gasteiger partial charge in [-0.2, -0.15) is 5.26 Å². The van der Waals surface area contributed by atoms with Crippen molar-refractivity contribution in [3.63, 3.8) is 0 Å². The number of hydrogen-bond donors (Lipinski definition) is 1. The molecule has 0 aliphatic carbocycles. The summed E-state index contributed by atoms with van der Waals surface area (Å²) in [4.78, 5) is 13.5. The van der Waals surface area contributed by atoms with Crippen molar-refractivity contribution in [1.29, 1.82) is 5.26 Å². The molecule has 0 aromatic rings. The third-order valence-electron chi connectivity index (χ3n) is 2.81. The highest BCUT2D eigenvalue weighted by Crippen LogP contribution is 2.02. The Bertz CT molecular complexity index is 257. The molecular formula is C12H23N3O. The smallest absolute Gasteiger partial charge is 0.237 e. The molecule has 0 heterocycles. The second-order valence-corrected chi connectivity index (χ2v) is 4.62. The Hall–Kier alpha value is -1.08. The van der Waals surface area contributed by atoms with Crippen molar-refractivity contribution in [2.75, 3.05) is 13.6 Å². The molecule has 1 N–H and O–H groups in total. The van der Waals surface area contributed by atoms with Crippen LogP contribution in [0.5, 0.6) is 0 Å². The molecule has 0 aliphatic rings. The summed E-state index contributed by atoms with van der Waals surface area (Å²) in [5.41, 5.74) is 0. The molecule has 0 saturated heterocycles. The fourth-order valence-corrected chi connectivity index (χ4v) is 1.24. The first-order chi connectivity index (χ1) is 7.40. The van der Waals surface area contributed by atoms with E-state index in [-0.39, 0.29) is 18.0 Å². The zero-order valence-electron chi connectivity index (χ0n) is 10.9. The SMILES string of the molecule is CC(C)CCNC(=O)C(C)N(C)C(C)C#N. The molecule has 4 nitrogen and oxygen atoms in total. The summed E-state index contributed by atoms with van der Waals surface area (Å²) in [6.45, 7) is 8.56. The number of hydrogen-bond acceptors (Lipinski definition) is 3. The summed E-state index contributed by atoms with van der Waals surface area (Å²) in [5.74, 6) is 0.580. The number of likely N-dealkylation sites (N-methyl/N-ethyl adjacent to an activating group) is 1. The minimum atomic E-state index is -0.262. The van der Waals surface area contributed by atoms with Crippen LogP contribution in [0.4, 0.5) is 0 Å². The van der Waals surface area contributed by atoms with Crippen molar-refractivity contribution >= 4 is 5.91 Å². The molecule has 0 spiro atoms. The standard InChI is InChI=1S/C12H23N3O/c1-9(2)6-7-14-12(16)11(4)15(5)10(3)8-13/h9-11H,6-7H2,1-5H3,(H,14,16). The van der Waals surface area contributed by atoms with Crippen LogP contribution in [0.15, 0.2) is 0 Å². The Labute approximate surface area is 98.6 Å². The lowest BCUT2D eigenvalue weighted by Crippen LogP contribution is -2.46. The zero-order valence-corrected chi connectivity index (χ0v) is 10.9. The number of nitriles is 1. The van der Waals surface area contributed by atoms with E-state index >= 15 is 0 Å². The highest BCUT2D eigenvalue weighted by Gasteiger charge is 2.21. The maximum Gasteiger partial charge on any atom is 0.237 e. The van der Waals surface area contributed by atoms with Crippen LogP contribution >= 0.6 is 0 Å². The van der Waals surface area contributed by atoms with Gasteiger partial charge in [-0.25, -0.2) is 0 Å². The Balaban J connectivity index is 4.04. The molecule has 4 heteroatoms. The van der Waals surface area contributed by atoms with Gasteiger partial charge in [-0.15, -0.1) is 0 Å². The van der Waals surface area contributed by atoms with Crippen LogP contribution in [-0.2, 0) is 4.79 Å². The predicted molar refractivity (Wildman–Crippen MR) is 64.8 cm³/mol. The van der Waals surface area contributed by atoms with Crippen LogP contribution in [0.1, 0.15) is 34.1 Å². The van der Waals surface area contributed by atoms with Gasteiger partial charge < -0.3 is 5.32 Å². The van der Waals surface area contributed by atoms with Gasteiger partial charge >= 0.3 is 0 Å². The molecule has 0 aromatic heterocycles. The molecule has 0 radical (unpaired) electrons. The highest BCUT2D eigenvalue weighted by atomic mass is 16.2. The van der Waals surface area contributed by atoms with Crippen LogP contribution in [0.2, 0.25) is 0 Å². The Morgan fingerprint density at radius 1 is 1.38 bits per heavy atom. The summed E-state index contributed by atoms with van der Waals surface area (Å²) < 4.78 is 0. The fourth-order valence-electron chi connectivity index (χ4n) is 1.24. The van der Waals surface area contributed by atoms with Crippen molar-refractivity contribution in [2.24, 2.45) is 5.92 Å². The van der Waals surface area contributed by atoms with E-state index in [1.165, 1.54) is 0 Å². The van der Waals surface area contributed by atoms with Gasteiger partial charge in [0, 0.05) is 6.54 Å². The third-order valence-corrected chi connectivity index (χ3v) is 2.81. The number of nitrogens with zero attached hydrogens (tertiary/aromatic N) is 2. The highest BCUT2D eigenvalue weighted by molar-refractivity contribution is 5.81. The average molecular weight is 225 g/mol. The summed E-state index contributed by atoms with van der Waals surface area (Å²) in [6, 6.07) is 1.61. The summed E-state index contributed by atoms with van der Waals surface area (Å²) >= 11 is 0. The van der Waals surface area contributed by atoms with Gasteiger partial charge in [0.05, 0.1) is 18.2 Å². The quantitative estimate of drug-likeness (QED) is 0.743. The lowest BCUT2D eigenvalue weighted by Gasteiger charge is -2.25. The first kappa shape index (κ1) is 14.9. The second-order valence-electron chi connectivity index (χ2n) is 4.62. The van der Waals surface area contributed by atoms with Crippen molar-refractivity contribution < 1.29 is 4.79 Å². The van der Waals surface area contributed by atoms with E-state index in [1.54, 1.807) is 18.9 Å². The molecule has 92 valence electrons. The van der Waals surface area contributed by atoms with E-state index in [1.807, 2.05) is 6.92 Å². The Kier molecular flexibility index (Phi) is 6.75. The molecule has 0 saturated carbocycles. The monoisotopic (exact) mass is 225 g/mol. The van der Waals surface area contributed by atoms with Crippen LogP contribution < -0.4 is 5.32 Å². The lowest BCUT2D eigenvalue weighted by atomic mass is 10.1. The molecule has 0 fully saturated rings. The molecule has 0 bridgehead atoms. The van der Waals surface area contributed by atoms with Gasteiger partial charge in [0.25, 0.3) is 0 Å². The maximum atomic E-state index is 11.7. The number of carbonyl (C=O) groups excluding carboxylic acids is 1. The Morgan fingerprint density at radius 3 is 2.38 bits per heavy atom. The lowest BCUT2D eigenvalue weighted by molar-refractivity contribution is -0.125. The van der Waals surface area contributed by atoms with Gasteiger partial charge in [-0.3, -0.25) is 9.69 Å². The topological polar surface area (TPSA) is 56.1 Å². The summed E-state index contributed by atoms with van der Waals surface area (Å²) in [5, 5.41) is 11.6. The van der Waals surface area contributed by atoms with Gasteiger partial charge in [-0.05, 0) is 33.2 Å². The molecule has 2 atom stereocenters. The minimum Gasteiger partial charge on any atom is -0.355 e. The summed E-state index contributed by atoms with van der Waals surface area (Å²) in [6.07, 6.45) is 0.982. The van der Waals surface area contributed by atoms with Crippen molar-refractivity contribution in [2.45, 2.75) is 46.2 Å². The number of rotatable bonds is 6. The van der Waals surface area contributed by atoms with Crippen LogP contribution in [-0.4, -0.2) is 36.5 Å². The van der Waals surface area contributed by atoms with Gasteiger partial charge in [-0.1, -0.05) is 13.8 Å². The minimum absolute atomic E-state index is 0.00903. The van der Waals surface area contributed by atoms with Gasteiger partial charge in [0.15, 0.2) is 0 Å². The first-order valence-electron chi connectivity index (χ1n) is 5.79.